The minimum atomic E-state index is -2.87. The van der Waals surface area contributed by atoms with Crippen LogP contribution >= 0.6 is 11.8 Å². The maximum Gasteiger partial charge on any atom is 0.205 e. The van der Waals surface area contributed by atoms with Crippen LogP contribution in [0, 0.1) is 5.92 Å². The van der Waals surface area contributed by atoms with E-state index < -0.39 is 9.84 Å². The lowest BCUT2D eigenvalue weighted by atomic mass is 10.1. The zero-order chi connectivity index (χ0) is 18.9. The highest BCUT2D eigenvalue weighted by Crippen LogP contribution is 2.26. The second kappa shape index (κ2) is 7.47. The van der Waals surface area contributed by atoms with Crippen molar-refractivity contribution in [3.8, 4) is 11.3 Å². The Kier molecular flexibility index (Phi) is 5.05. The highest BCUT2D eigenvalue weighted by Gasteiger charge is 2.29. The molecule has 1 atom stereocenters. The molecule has 1 aromatic carbocycles. The summed E-state index contributed by atoms with van der Waals surface area (Å²) in [6.45, 7) is 0. The molecule has 1 fully saturated rings. The van der Waals surface area contributed by atoms with Gasteiger partial charge in [-0.05, 0) is 12.3 Å². The predicted octanol–water partition coefficient (Wildman–Crippen LogP) is 2.74. The molecule has 0 N–H and O–H groups in total. The average molecular weight is 405 g/mol. The minimum Gasteiger partial charge on any atom is -0.440 e. The van der Waals surface area contributed by atoms with Gasteiger partial charge in [0.2, 0.25) is 5.89 Å². The van der Waals surface area contributed by atoms with Gasteiger partial charge in [0.1, 0.15) is 5.82 Å². The van der Waals surface area contributed by atoms with Gasteiger partial charge in [-0.15, -0.1) is 10.2 Å². The molecule has 0 radical (unpaired) electrons. The predicted molar refractivity (Wildman–Crippen MR) is 103 cm³/mol. The van der Waals surface area contributed by atoms with Gasteiger partial charge < -0.3 is 8.98 Å². The van der Waals surface area contributed by atoms with Crippen molar-refractivity contribution in [1.82, 2.24) is 19.7 Å². The maximum atomic E-state index is 11.6. The number of sulfone groups is 1. The zero-order valence-corrected chi connectivity index (χ0v) is 16.5. The van der Waals surface area contributed by atoms with Crippen LogP contribution in [0.25, 0.3) is 11.3 Å². The summed E-state index contributed by atoms with van der Waals surface area (Å²) in [5.41, 5.74) is 0.994. The molecular formula is C18H20N4O3S2. The van der Waals surface area contributed by atoms with Gasteiger partial charge in [0, 0.05) is 19.0 Å². The van der Waals surface area contributed by atoms with Gasteiger partial charge in [-0.1, -0.05) is 42.1 Å². The summed E-state index contributed by atoms with van der Waals surface area (Å²) in [4.78, 5) is 4.33. The van der Waals surface area contributed by atoms with E-state index in [4.69, 9.17) is 4.42 Å². The average Bonchev–Trinajstić information content (AvgIpc) is 3.35. The van der Waals surface area contributed by atoms with E-state index in [2.05, 4.69) is 15.2 Å². The minimum absolute atomic E-state index is 0.135. The van der Waals surface area contributed by atoms with Crippen molar-refractivity contribution in [3.63, 3.8) is 0 Å². The van der Waals surface area contributed by atoms with Crippen LogP contribution in [0.1, 0.15) is 18.1 Å². The first-order chi connectivity index (χ1) is 13.0. The van der Waals surface area contributed by atoms with Crippen molar-refractivity contribution < 1.29 is 12.8 Å². The van der Waals surface area contributed by atoms with Crippen molar-refractivity contribution in [2.45, 2.75) is 23.8 Å². The van der Waals surface area contributed by atoms with E-state index in [1.807, 2.05) is 41.9 Å². The lowest BCUT2D eigenvalue weighted by molar-refractivity contribution is 0.529. The third kappa shape index (κ3) is 4.24. The highest BCUT2D eigenvalue weighted by atomic mass is 32.2. The Morgan fingerprint density at radius 2 is 2.07 bits per heavy atom. The molecule has 0 spiro atoms. The van der Waals surface area contributed by atoms with Crippen molar-refractivity contribution in [2.75, 3.05) is 11.5 Å². The number of oxazole rings is 1. The van der Waals surface area contributed by atoms with Crippen LogP contribution in [-0.4, -0.2) is 39.7 Å². The third-order valence-electron chi connectivity index (χ3n) is 4.66. The van der Waals surface area contributed by atoms with Crippen molar-refractivity contribution in [2.24, 2.45) is 13.0 Å². The van der Waals surface area contributed by atoms with E-state index in [1.165, 1.54) is 11.8 Å². The second-order valence-electron chi connectivity index (χ2n) is 6.70. The summed E-state index contributed by atoms with van der Waals surface area (Å²) in [5.74, 6) is 3.41. The molecule has 4 rings (SSSR count). The van der Waals surface area contributed by atoms with Crippen LogP contribution in [0.5, 0.6) is 0 Å². The topological polar surface area (TPSA) is 90.9 Å². The molecule has 27 heavy (non-hydrogen) atoms. The summed E-state index contributed by atoms with van der Waals surface area (Å²) >= 11 is 1.50. The molecule has 3 aromatic rings. The quantitative estimate of drug-likeness (QED) is 0.583. The Morgan fingerprint density at radius 1 is 1.26 bits per heavy atom. The monoisotopic (exact) mass is 404 g/mol. The van der Waals surface area contributed by atoms with E-state index in [-0.39, 0.29) is 17.4 Å². The lowest BCUT2D eigenvalue weighted by Crippen LogP contribution is -2.11. The molecule has 7 nitrogen and oxygen atoms in total. The van der Waals surface area contributed by atoms with Crippen molar-refractivity contribution in [1.29, 1.82) is 0 Å². The third-order valence-corrected chi connectivity index (χ3v) is 7.50. The summed E-state index contributed by atoms with van der Waals surface area (Å²) in [6, 6.07) is 9.85. The Morgan fingerprint density at radius 3 is 2.81 bits per heavy atom. The van der Waals surface area contributed by atoms with Gasteiger partial charge in [-0.2, -0.15) is 0 Å². The van der Waals surface area contributed by atoms with Gasteiger partial charge in [-0.25, -0.2) is 13.4 Å². The van der Waals surface area contributed by atoms with Crippen LogP contribution in [0.4, 0.5) is 0 Å². The molecule has 0 aliphatic carbocycles. The second-order valence-corrected chi connectivity index (χ2v) is 9.88. The van der Waals surface area contributed by atoms with Gasteiger partial charge in [0.25, 0.3) is 0 Å². The first kappa shape index (κ1) is 18.2. The van der Waals surface area contributed by atoms with Crippen LogP contribution in [0.15, 0.2) is 46.1 Å². The maximum absolute atomic E-state index is 11.6. The fourth-order valence-corrected chi connectivity index (χ4v) is 5.82. The largest absolute Gasteiger partial charge is 0.440 e. The SMILES string of the molecule is Cn1c(C[C@@H]2CCS(=O)(=O)C2)nnc1SCc1ncc(-c2ccccc2)o1. The van der Waals surface area contributed by atoms with Gasteiger partial charge in [0.15, 0.2) is 20.8 Å². The lowest BCUT2D eigenvalue weighted by Gasteiger charge is -2.07. The number of hydrogen-bond donors (Lipinski definition) is 0. The van der Waals surface area contributed by atoms with Crippen molar-refractivity contribution in [3.05, 3.63) is 48.2 Å². The summed E-state index contributed by atoms with van der Waals surface area (Å²) < 4.78 is 31.0. The number of rotatable bonds is 6. The fraction of sp³-hybridized carbons (Fsp3) is 0.389. The van der Waals surface area contributed by atoms with E-state index in [0.717, 1.165) is 22.3 Å². The fourth-order valence-electron chi connectivity index (χ4n) is 3.18. The molecule has 0 saturated carbocycles. The van der Waals surface area contributed by atoms with Gasteiger partial charge in [0.05, 0.1) is 23.5 Å². The molecular weight excluding hydrogens is 384 g/mol. The molecule has 1 saturated heterocycles. The highest BCUT2D eigenvalue weighted by molar-refractivity contribution is 7.98. The Hall–Kier alpha value is -2.13. The van der Waals surface area contributed by atoms with Crippen LogP contribution in [-0.2, 0) is 29.1 Å². The summed E-state index contributed by atoms with van der Waals surface area (Å²) in [6.07, 6.45) is 3.07. The normalized spacial score (nSPS) is 18.8. The molecule has 2 aromatic heterocycles. The molecule has 0 amide bonds. The molecule has 1 aliphatic rings. The molecule has 0 unspecified atom stereocenters. The zero-order valence-electron chi connectivity index (χ0n) is 14.9. The van der Waals surface area contributed by atoms with Crippen LogP contribution in [0.3, 0.4) is 0 Å². The van der Waals surface area contributed by atoms with E-state index >= 15 is 0 Å². The summed E-state index contributed by atoms with van der Waals surface area (Å²) in [7, 11) is -0.963. The molecule has 9 heteroatoms. The first-order valence-corrected chi connectivity index (χ1v) is 11.5. The van der Waals surface area contributed by atoms with E-state index in [9.17, 15) is 8.42 Å². The first-order valence-electron chi connectivity index (χ1n) is 8.72. The molecule has 3 heterocycles. The Labute approximate surface area is 162 Å². The Balaban J connectivity index is 1.38. The molecule has 142 valence electrons. The Bertz CT molecular complexity index is 1030. The number of thioether (sulfide) groups is 1. The number of aromatic nitrogens is 4. The van der Waals surface area contributed by atoms with E-state index in [1.54, 1.807) is 6.20 Å². The number of benzene rings is 1. The van der Waals surface area contributed by atoms with Crippen LogP contribution < -0.4 is 0 Å². The summed E-state index contributed by atoms with van der Waals surface area (Å²) in [5, 5.41) is 9.24. The molecule has 0 bridgehead atoms. The van der Waals surface area contributed by atoms with Gasteiger partial charge >= 0.3 is 0 Å². The number of nitrogens with zero attached hydrogens (tertiary/aromatic N) is 4. The van der Waals surface area contributed by atoms with Crippen LogP contribution in [0.2, 0.25) is 0 Å². The molecule has 1 aliphatic heterocycles. The number of hydrogen-bond acceptors (Lipinski definition) is 7. The standard InChI is InChI=1S/C18H20N4O3S2/c1-22-16(9-13-7-8-27(23,24)12-13)20-21-18(22)26-11-17-19-10-15(25-17)14-5-3-2-4-6-14/h2-6,10,13H,7-9,11-12H2,1H3/t13-/m0/s1. The van der Waals surface area contributed by atoms with Gasteiger partial charge in [-0.3, -0.25) is 0 Å². The van der Waals surface area contributed by atoms with E-state index in [0.29, 0.717) is 24.5 Å². The smallest absolute Gasteiger partial charge is 0.205 e. The van der Waals surface area contributed by atoms with Crippen molar-refractivity contribution >= 4 is 21.6 Å².